The van der Waals surface area contributed by atoms with Crippen LogP contribution < -0.4 is 5.32 Å². The van der Waals surface area contributed by atoms with Crippen LogP contribution in [0.25, 0.3) is 0 Å². The molecule has 5 nitrogen and oxygen atoms in total. The monoisotopic (exact) mass is 359 g/mol. The van der Waals surface area contributed by atoms with Gasteiger partial charge in [-0.25, -0.2) is 0 Å². The smallest absolute Gasteiger partial charge is 0.193 e. The highest BCUT2D eigenvalue weighted by molar-refractivity contribution is 6.30. The number of aromatic nitrogens is 2. The molecule has 0 saturated carbocycles. The minimum absolute atomic E-state index is 0.543. The molecule has 1 aromatic heterocycles. The zero-order valence-electron chi connectivity index (χ0n) is 15.0. The molecule has 1 saturated heterocycles. The van der Waals surface area contributed by atoms with Crippen LogP contribution >= 0.6 is 11.6 Å². The Labute approximate surface area is 154 Å². The first-order valence-corrected chi connectivity index (χ1v) is 9.22. The summed E-state index contributed by atoms with van der Waals surface area (Å²) in [7, 11) is 3.83. The molecule has 1 aliphatic heterocycles. The van der Waals surface area contributed by atoms with E-state index in [1.54, 1.807) is 0 Å². The molecule has 25 heavy (non-hydrogen) atoms. The molecule has 6 heteroatoms. The first-order chi connectivity index (χ1) is 12.2. The number of aryl methyl sites for hydroxylation is 2. The average Bonchev–Trinajstić information content (AvgIpc) is 3.25. The number of likely N-dealkylation sites (tertiary alicyclic amines) is 1. The molecule has 3 rings (SSSR count). The summed E-state index contributed by atoms with van der Waals surface area (Å²) in [5, 5.41) is 8.58. The topological polar surface area (TPSA) is 45.5 Å². The van der Waals surface area contributed by atoms with E-state index in [0.29, 0.717) is 5.92 Å². The van der Waals surface area contributed by atoms with Gasteiger partial charge in [0.2, 0.25) is 0 Å². The fraction of sp³-hybridized carbons (Fsp3) is 0.474. The second-order valence-corrected chi connectivity index (χ2v) is 7.02. The van der Waals surface area contributed by atoms with Gasteiger partial charge in [-0.1, -0.05) is 23.7 Å². The summed E-state index contributed by atoms with van der Waals surface area (Å²) < 4.78 is 1.88. The Morgan fingerprint density at radius 2 is 2.16 bits per heavy atom. The van der Waals surface area contributed by atoms with Crippen LogP contribution in [-0.2, 0) is 13.5 Å². The van der Waals surface area contributed by atoms with Gasteiger partial charge >= 0.3 is 0 Å². The Balaban J connectivity index is 1.44. The maximum absolute atomic E-state index is 5.92. The first-order valence-electron chi connectivity index (χ1n) is 8.84. The van der Waals surface area contributed by atoms with E-state index in [0.717, 1.165) is 49.9 Å². The number of guanidine groups is 1. The van der Waals surface area contributed by atoms with Crippen molar-refractivity contribution in [1.82, 2.24) is 20.0 Å². The van der Waals surface area contributed by atoms with Crippen LogP contribution in [0, 0.1) is 0 Å². The van der Waals surface area contributed by atoms with E-state index in [9.17, 15) is 0 Å². The molecular formula is C19H26ClN5. The summed E-state index contributed by atoms with van der Waals surface area (Å²) in [5.74, 6) is 1.55. The summed E-state index contributed by atoms with van der Waals surface area (Å²) in [6.07, 6.45) is 7.37. The summed E-state index contributed by atoms with van der Waals surface area (Å²) in [4.78, 5) is 6.80. The zero-order valence-corrected chi connectivity index (χ0v) is 15.7. The molecule has 1 fully saturated rings. The van der Waals surface area contributed by atoms with Crippen molar-refractivity contribution in [2.75, 3.05) is 26.7 Å². The van der Waals surface area contributed by atoms with Crippen LogP contribution in [-0.4, -0.2) is 47.3 Å². The lowest BCUT2D eigenvalue weighted by molar-refractivity contribution is 0.485. The van der Waals surface area contributed by atoms with Gasteiger partial charge in [-0.2, -0.15) is 5.10 Å². The highest BCUT2D eigenvalue weighted by Crippen LogP contribution is 2.26. The Kier molecular flexibility index (Phi) is 5.97. The highest BCUT2D eigenvalue weighted by Gasteiger charge is 2.26. The number of nitrogens with zero attached hydrogens (tertiary/aromatic N) is 4. The Morgan fingerprint density at radius 3 is 2.84 bits per heavy atom. The third-order valence-corrected chi connectivity index (χ3v) is 4.99. The molecule has 2 aromatic rings. The van der Waals surface area contributed by atoms with Crippen molar-refractivity contribution >= 4 is 17.6 Å². The van der Waals surface area contributed by atoms with E-state index in [1.807, 2.05) is 37.1 Å². The fourth-order valence-electron chi connectivity index (χ4n) is 3.35. The van der Waals surface area contributed by atoms with Gasteiger partial charge in [0.15, 0.2) is 5.96 Å². The third-order valence-electron chi connectivity index (χ3n) is 4.73. The van der Waals surface area contributed by atoms with Gasteiger partial charge in [0.1, 0.15) is 0 Å². The van der Waals surface area contributed by atoms with Crippen LogP contribution in [0.3, 0.4) is 0 Å². The third kappa shape index (κ3) is 4.75. The lowest BCUT2D eigenvalue weighted by atomic mass is 10.0. The Hall–Kier alpha value is -2.01. The quantitative estimate of drug-likeness (QED) is 0.507. The Bertz CT molecular complexity index is 707. The van der Waals surface area contributed by atoms with E-state index in [-0.39, 0.29) is 0 Å². The van der Waals surface area contributed by atoms with E-state index in [1.165, 1.54) is 11.1 Å². The molecule has 0 bridgehead atoms. The van der Waals surface area contributed by atoms with Crippen molar-refractivity contribution in [1.29, 1.82) is 0 Å². The number of halogens is 1. The highest BCUT2D eigenvalue weighted by atomic mass is 35.5. The summed E-state index contributed by atoms with van der Waals surface area (Å²) >= 11 is 5.92. The van der Waals surface area contributed by atoms with Crippen molar-refractivity contribution in [3.63, 3.8) is 0 Å². The van der Waals surface area contributed by atoms with Gasteiger partial charge in [0.25, 0.3) is 0 Å². The normalized spacial score (nSPS) is 18.0. The molecule has 0 spiro atoms. The lowest BCUT2D eigenvalue weighted by Gasteiger charge is -2.21. The largest absolute Gasteiger partial charge is 0.356 e. The van der Waals surface area contributed by atoms with Gasteiger partial charge in [-0.15, -0.1) is 0 Å². The second-order valence-electron chi connectivity index (χ2n) is 6.58. The molecule has 0 aliphatic carbocycles. The van der Waals surface area contributed by atoms with Crippen LogP contribution in [0.4, 0.5) is 0 Å². The second kappa shape index (κ2) is 8.39. The predicted molar refractivity (Wildman–Crippen MR) is 103 cm³/mol. The maximum Gasteiger partial charge on any atom is 0.193 e. The molecular weight excluding hydrogens is 334 g/mol. The summed E-state index contributed by atoms with van der Waals surface area (Å²) in [6.45, 7) is 2.96. The van der Waals surface area contributed by atoms with Crippen LogP contribution in [0.1, 0.15) is 29.9 Å². The number of benzene rings is 1. The molecule has 1 atom stereocenters. The Morgan fingerprint density at radius 1 is 1.36 bits per heavy atom. The molecule has 2 heterocycles. The first kappa shape index (κ1) is 17.8. The summed E-state index contributed by atoms with van der Waals surface area (Å²) in [5.41, 5.74) is 2.64. The maximum atomic E-state index is 5.92. The van der Waals surface area contributed by atoms with Gasteiger partial charge in [0.05, 0.1) is 6.20 Å². The minimum atomic E-state index is 0.543. The van der Waals surface area contributed by atoms with Crippen molar-refractivity contribution in [3.8, 4) is 0 Å². The molecule has 1 aliphatic rings. The average molecular weight is 360 g/mol. The van der Waals surface area contributed by atoms with Crippen LogP contribution in [0.15, 0.2) is 41.7 Å². The van der Waals surface area contributed by atoms with Crippen LogP contribution in [0.5, 0.6) is 0 Å². The van der Waals surface area contributed by atoms with Crippen molar-refractivity contribution < 1.29 is 0 Å². The van der Waals surface area contributed by atoms with Crippen molar-refractivity contribution in [2.24, 2.45) is 12.0 Å². The standard InChI is InChI=1S/C19H26ClN5/c1-21-19(22-10-3-4-15-5-7-18(20)8-6-15)25-11-9-16(14-25)17-12-23-24(2)13-17/h5-8,12-13,16H,3-4,9-11,14H2,1-2H3,(H,21,22). The molecule has 0 amide bonds. The van der Waals surface area contributed by atoms with E-state index in [2.05, 4.69) is 38.6 Å². The van der Waals surface area contributed by atoms with E-state index in [4.69, 9.17) is 11.6 Å². The van der Waals surface area contributed by atoms with Crippen LogP contribution in [0.2, 0.25) is 5.02 Å². The molecule has 0 radical (unpaired) electrons. The minimum Gasteiger partial charge on any atom is -0.356 e. The van der Waals surface area contributed by atoms with E-state index >= 15 is 0 Å². The summed E-state index contributed by atoms with van der Waals surface area (Å²) in [6, 6.07) is 8.09. The van der Waals surface area contributed by atoms with E-state index < -0.39 is 0 Å². The number of hydrogen-bond donors (Lipinski definition) is 1. The van der Waals surface area contributed by atoms with Gasteiger partial charge in [-0.05, 0) is 42.5 Å². The molecule has 1 N–H and O–H groups in total. The van der Waals surface area contributed by atoms with Gasteiger partial charge in [-0.3, -0.25) is 9.67 Å². The lowest BCUT2D eigenvalue weighted by Crippen LogP contribution is -2.40. The molecule has 134 valence electrons. The van der Waals surface area contributed by atoms with Gasteiger partial charge < -0.3 is 10.2 Å². The predicted octanol–water partition coefficient (Wildman–Crippen LogP) is 3.07. The number of aliphatic imine (C=N–C) groups is 1. The number of rotatable bonds is 5. The zero-order chi connectivity index (χ0) is 17.6. The molecule has 1 unspecified atom stereocenters. The number of hydrogen-bond acceptors (Lipinski definition) is 2. The van der Waals surface area contributed by atoms with Gasteiger partial charge in [0, 0.05) is 50.9 Å². The SMILES string of the molecule is CN=C(NCCCc1ccc(Cl)cc1)N1CCC(c2cnn(C)c2)C1. The van der Waals surface area contributed by atoms with Crippen molar-refractivity contribution in [2.45, 2.75) is 25.2 Å². The van der Waals surface area contributed by atoms with Crippen molar-refractivity contribution in [3.05, 3.63) is 52.8 Å². The fourth-order valence-corrected chi connectivity index (χ4v) is 3.48. The number of nitrogens with one attached hydrogen (secondary N) is 1. The molecule has 1 aromatic carbocycles.